The Balaban J connectivity index is 3.23. The fraction of sp³-hybridized carbons (Fsp3) is 0.375. The van der Waals surface area contributed by atoms with Crippen LogP contribution < -0.4 is 10.5 Å². The number of ether oxygens (including phenoxy) is 1. The van der Waals surface area contributed by atoms with Crippen LogP contribution in [-0.4, -0.2) is 12.1 Å². The van der Waals surface area contributed by atoms with Crippen molar-refractivity contribution in [2.24, 2.45) is 5.73 Å². The van der Waals surface area contributed by atoms with Gasteiger partial charge in [-0.15, -0.1) is 0 Å². The van der Waals surface area contributed by atoms with Crippen LogP contribution >= 0.6 is 22.6 Å². The molecule has 0 aromatic carbocycles. The second-order valence-electron chi connectivity index (χ2n) is 2.53. The second kappa shape index (κ2) is 4.83. The molecule has 1 aromatic heterocycles. The molecule has 0 saturated heterocycles. The van der Waals surface area contributed by atoms with Gasteiger partial charge in [0.1, 0.15) is 5.69 Å². The lowest BCUT2D eigenvalue weighted by atomic mass is 10.2. The highest BCUT2D eigenvalue weighted by Crippen LogP contribution is 2.27. The molecule has 1 heterocycles. The summed E-state index contributed by atoms with van der Waals surface area (Å²) in [6, 6.07) is 1.56. The third kappa shape index (κ3) is 2.30. The fourth-order valence-corrected chi connectivity index (χ4v) is 1.73. The first kappa shape index (κ1) is 11.6. The van der Waals surface area contributed by atoms with Crippen LogP contribution in [0.3, 0.4) is 0 Å². The first-order valence-electron chi connectivity index (χ1n) is 3.81. The van der Waals surface area contributed by atoms with Gasteiger partial charge in [0, 0.05) is 15.7 Å². The van der Waals surface area contributed by atoms with Gasteiger partial charge < -0.3 is 10.5 Å². The van der Waals surface area contributed by atoms with E-state index in [1.54, 1.807) is 28.7 Å². The van der Waals surface area contributed by atoms with Crippen molar-refractivity contribution in [2.45, 2.75) is 13.0 Å². The number of aromatic nitrogens is 1. The summed E-state index contributed by atoms with van der Waals surface area (Å²) in [6.07, 6.45) is -2.59. The molecule has 6 heteroatoms. The smallest absolute Gasteiger partial charge is 0.281 e. The predicted octanol–water partition coefficient (Wildman–Crippen LogP) is 2.09. The molecule has 2 N–H and O–H groups in total. The van der Waals surface area contributed by atoms with Gasteiger partial charge in [0.2, 0.25) is 5.88 Å². The van der Waals surface area contributed by atoms with Crippen LogP contribution in [0.25, 0.3) is 0 Å². The quantitative estimate of drug-likeness (QED) is 0.869. The monoisotopic (exact) mass is 314 g/mol. The summed E-state index contributed by atoms with van der Waals surface area (Å²) in [5, 5.41) is 0. The third-order valence-electron chi connectivity index (χ3n) is 1.66. The van der Waals surface area contributed by atoms with Crippen molar-refractivity contribution in [3.05, 3.63) is 20.9 Å². The van der Waals surface area contributed by atoms with Crippen molar-refractivity contribution in [1.29, 1.82) is 0 Å². The molecule has 1 aromatic rings. The van der Waals surface area contributed by atoms with Crippen LogP contribution in [0.2, 0.25) is 0 Å². The minimum atomic E-state index is -2.59. The molecule has 1 rings (SSSR count). The number of alkyl halides is 2. The summed E-state index contributed by atoms with van der Waals surface area (Å²) >= 11 is 1.80. The third-order valence-corrected chi connectivity index (χ3v) is 2.53. The van der Waals surface area contributed by atoms with E-state index >= 15 is 0 Å². The normalized spacial score (nSPS) is 10.7. The van der Waals surface area contributed by atoms with E-state index in [1.165, 1.54) is 7.11 Å². The Kier molecular flexibility index (Phi) is 3.99. The van der Waals surface area contributed by atoms with E-state index in [2.05, 4.69) is 4.98 Å². The van der Waals surface area contributed by atoms with E-state index in [0.29, 0.717) is 9.13 Å². The Morgan fingerprint density at radius 1 is 1.64 bits per heavy atom. The largest absolute Gasteiger partial charge is 0.481 e. The van der Waals surface area contributed by atoms with Crippen molar-refractivity contribution in [2.75, 3.05) is 7.11 Å². The summed E-state index contributed by atoms with van der Waals surface area (Å²) in [6.45, 7) is 0.218. The number of rotatable bonds is 3. The number of hydrogen-bond donors (Lipinski definition) is 1. The molecule has 3 nitrogen and oxygen atoms in total. The zero-order chi connectivity index (χ0) is 10.7. The molecule has 78 valence electrons. The number of halogens is 3. The van der Waals surface area contributed by atoms with Gasteiger partial charge in [-0.3, -0.25) is 0 Å². The van der Waals surface area contributed by atoms with Gasteiger partial charge in [-0.1, -0.05) is 0 Å². The highest BCUT2D eigenvalue weighted by molar-refractivity contribution is 14.1. The van der Waals surface area contributed by atoms with Gasteiger partial charge >= 0.3 is 0 Å². The molecule has 0 unspecified atom stereocenters. The molecule has 0 atom stereocenters. The first-order chi connectivity index (χ1) is 6.60. The maximum atomic E-state index is 12.4. The second-order valence-corrected chi connectivity index (χ2v) is 3.69. The van der Waals surface area contributed by atoms with Crippen LogP contribution in [0.15, 0.2) is 6.07 Å². The van der Waals surface area contributed by atoms with Crippen molar-refractivity contribution in [1.82, 2.24) is 4.98 Å². The molecule has 0 bridgehead atoms. The summed E-state index contributed by atoms with van der Waals surface area (Å²) in [5.74, 6) is 0.170. The van der Waals surface area contributed by atoms with E-state index in [0.717, 1.165) is 0 Å². The van der Waals surface area contributed by atoms with E-state index in [-0.39, 0.29) is 18.1 Å². The molecule has 0 aliphatic heterocycles. The number of pyridine rings is 1. The van der Waals surface area contributed by atoms with Gasteiger partial charge in [0.05, 0.1) is 7.11 Å². The SMILES string of the molecule is COc1nc(C(F)F)c(I)cc1CN. The highest BCUT2D eigenvalue weighted by Gasteiger charge is 2.17. The Morgan fingerprint density at radius 3 is 2.71 bits per heavy atom. The molecule has 14 heavy (non-hydrogen) atoms. The summed E-state index contributed by atoms with van der Waals surface area (Å²) in [7, 11) is 1.38. The van der Waals surface area contributed by atoms with Crippen molar-refractivity contribution in [3.8, 4) is 5.88 Å². The standard InChI is InChI=1S/C8H9F2IN2O/c1-14-8-4(3-12)2-5(11)6(13-8)7(9)10/h2,7H,3,12H2,1H3. The average molecular weight is 314 g/mol. The van der Waals surface area contributed by atoms with Gasteiger partial charge in [-0.25, -0.2) is 13.8 Å². The topological polar surface area (TPSA) is 48.1 Å². The zero-order valence-electron chi connectivity index (χ0n) is 7.43. The molecular formula is C8H9F2IN2O. The molecular weight excluding hydrogens is 305 g/mol. The highest BCUT2D eigenvalue weighted by atomic mass is 127. The maximum absolute atomic E-state index is 12.4. The average Bonchev–Trinajstić information content (AvgIpc) is 2.16. The molecule has 0 fully saturated rings. The van der Waals surface area contributed by atoms with Gasteiger partial charge in [-0.2, -0.15) is 0 Å². The van der Waals surface area contributed by atoms with Gasteiger partial charge in [0.15, 0.2) is 0 Å². The van der Waals surface area contributed by atoms with Crippen LogP contribution in [0.1, 0.15) is 17.7 Å². The van der Waals surface area contributed by atoms with E-state index in [1.807, 2.05) is 0 Å². The van der Waals surface area contributed by atoms with Crippen LogP contribution in [0.4, 0.5) is 8.78 Å². The lowest BCUT2D eigenvalue weighted by molar-refractivity contribution is 0.144. The fourth-order valence-electron chi connectivity index (χ4n) is 0.999. The minimum absolute atomic E-state index is 0.170. The Hall–Kier alpha value is -0.500. The number of methoxy groups -OCH3 is 1. The molecule has 0 spiro atoms. The summed E-state index contributed by atoms with van der Waals surface area (Å²) < 4.78 is 30.1. The molecule has 0 radical (unpaired) electrons. The number of nitrogens with zero attached hydrogens (tertiary/aromatic N) is 1. The lowest BCUT2D eigenvalue weighted by Crippen LogP contribution is -2.05. The predicted molar refractivity (Wildman–Crippen MR) is 56.4 cm³/mol. The van der Waals surface area contributed by atoms with Gasteiger partial charge in [-0.05, 0) is 28.7 Å². The van der Waals surface area contributed by atoms with E-state index in [4.69, 9.17) is 10.5 Å². The maximum Gasteiger partial charge on any atom is 0.281 e. The summed E-state index contributed by atoms with van der Waals surface area (Å²) in [4.78, 5) is 3.70. The number of hydrogen-bond acceptors (Lipinski definition) is 3. The van der Waals surface area contributed by atoms with Gasteiger partial charge in [0.25, 0.3) is 6.43 Å². The van der Waals surface area contributed by atoms with Crippen LogP contribution in [0.5, 0.6) is 5.88 Å². The van der Waals surface area contributed by atoms with E-state index < -0.39 is 6.43 Å². The number of nitrogens with two attached hydrogens (primary N) is 1. The zero-order valence-corrected chi connectivity index (χ0v) is 9.59. The first-order valence-corrected chi connectivity index (χ1v) is 4.89. The van der Waals surface area contributed by atoms with Crippen LogP contribution in [0, 0.1) is 3.57 Å². The molecule has 0 amide bonds. The Morgan fingerprint density at radius 2 is 2.29 bits per heavy atom. The van der Waals surface area contributed by atoms with Crippen molar-refractivity contribution >= 4 is 22.6 Å². The Labute approximate surface area is 93.8 Å². The minimum Gasteiger partial charge on any atom is -0.481 e. The Bertz CT molecular complexity index is 333. The van der Waals surface area contributed by atoms with Crippen molar-refractivity contribution in [3.63, 3.8) is 0 Å². The van der Waals surface area contributed by atoms with Crippen molar-refractivity contribution < 1.29 is 13.5 Å². The summed E-state index contributed by atoms with van der Waals surface area (Å²) in [5.41, 5.74) is 5.77. The molecule has 0 aliphatic carbocycles. The molecule has 0 aliphatic rings. The molecule has 0 saturated carbocycles. The van der Waals surface area contributed by atoms with E-state index in [9.17, 15) is 8.78 Å². The van der Waals surface area contributed by atoms with Crippen LogP contribution in [-0.2, 0) is 6.54 Å². The lowest BCUT2D eigenvalue weighted by Gasteiger charge is -2.09.